The largest absolute Gasteiger partial charge is 0.425 e. The van der Waals surface area contributed by atoms with Crippen LogP contribution in [0, 0.1) is 5.92 Å². The first-order valence-electron chi connectivity index (χ1n) is 7.39. The van der Waals surface area contributed by atoms with Gasteiger partial charge >= 0.3 is 21.2 Å². The molecule has 0 radical (unpaired) electrons. The highest BCUT2D eigenvalue weighted by Gasteiger charge is 2.54. The third-order valence-corrected chi connectivity index (χ3v) is 4.03. The topological polar surface area (TPSA) is 132 Å². The molecule has 12 heteroatoms. The van der Waals surface area contributed by atoms with E-state index < -0.39 is 33.1 Å². The van der Waals surface area contributed by atoms with Gasteiger partial charge in [0.25, 0.3) is 0 Å². The molecule has 0 saturated carbocycles. The van der Waals surface area contributed by atoms with Crippen LogP contribution in [0.25, 0.3) is 0 Å². The molecular weight excluding hydrogens is 393 g/mol. The minimum absolute atomic E-state index is 0.142. The number of carbonyl (C=O) groups excluding carboxylic acids is 1. The van der Waals surface area contributed by atoms with E-state index in [0.717, 1.165) is 12.0 Å². The Hall–Kier alpha value is -1.92. The average molecular weight is 413 g/mol. The zero-order valence-electron chi connectivity index (χ0n) is 14.4. The molecule has 2 aliphatic rings. The SMILES string of the molecule is C=C1C=CN([C@@H]2O[C@H](CC)[C@@H](C)[C@@]2(C)F)C(=O)C1.O=S(=O)=O.O=S(=O)=O. The summed E-state index contributed by atoms with van der Waals surface area (Å²) < 4.78 is 71.2. The molecule has 0 aromatic rings. The predicted molar refractivity (Wildman–Crippen MR) is 86.8 cm³/mol. The molecule has 1 fully saturated rings. The number of halogens is 1. The minimum atomic E-state index is -3.11. The second kappa shape index (κ2) is 10.3. The molecular formula is C14H20FNO8S2. The maximum atomic E-state index is 14.8. The monoisotopic (exact) mass is 413 g/mol. The van der Waals surface area contributed by atoms with Gasteiger partial charge in [-0.15, -0.1) is 25.3 Å². The summed E-state index contributed by atoms with van der Waals surface area (Å²) in [5, 5.41) is 0. The summed E-state index contributed by atoms with van der Waals surface area (Å²) >= 11 is 0. The molecule has 0 N–H and O–H groups in total. The van der Waals surface area contributed by atoms with Crippen LogP contribution in [-0.2, 0) is 30.7 Å². The van der Waals surface area contributed by atoms with Crippen molar-refractivity contribution in [3.8, 4) is 0 Å². The highest BCUT2D eigenvalue weighted by atomic mass is 32.2. The van der Waals surface area contributed by atoms with Crippen LogP contribution in [0.3, 0.4) is 0 Å². The van der Waals surface area contributed by atoms with Crippen molar-refractivity contribution >= 4 is 27.1 Å². The average Bonchev–Trinajstić information content (AvgIpc) is 2.69. The zero-order chi connectivity index (χ0) is 20.7. The lowest BCUT2D eigenvalue weighted by molar-refractivity contribution is -0.147. The lowest BCUT2D eigenvalue weighted by atomic mass is 9.88. The number of hydrogen-bond donors (Lipinski definition) is 0. The van der Waals surface area contributed by atoms with Crippen molar-refractivity contribution in [2.75, 3.05) is 0 Å². The van der Waals surface area contributed by atoms with E-state index in [1.807, 2.05) is 13.8 Å². The van der Waals surface area contributed by atoms with Crippen LogP contribution in [0.5, 0.6) is 0 Å². The van der Waals surface area contributed by atoms with Gasteiger partial charge in [0.1, 0.15) is 0 Å². The summed E-state index contributed by atoms with van der Waals surface area (Å²) in [4.78, 5) is 13.3. The van der Waals surface area contributed by atoms with Crippen LogP contribution in [0.15, 0.2) is 24.4 Å². The fourth-order valence-electron chi connectivity index (χ4n) is 2.61. The highest BCUT2D eigenvalue weighted by molar-refractivity contribution is 7.59. The summed E-state index contributed by atoms with van der Waals surface area (Å²) in [6.45, 7) is 9.06. The van der Waals surface area contributed by atoms with Crippen molar-refractivity contribution in [2.45, 2.75) is 51.6 Å². The van der Waals surface area contributed by atoms with Gasteiger partial charge in [-0.3, -0.25) is 9.69 Å². The molecule has 1 saturated heterocycles. The van der Waals surface area contributed by atoms with E-state index in [0.29, 0.717) is 0 Å². The fraction of sp³-hybridized carbons (Fsp3) is 0.643. The van der Waals surface area contributed by atoms with Gasteiger partial charge < -0.3 is 4.74 Å². The number of ether oxygens (including phenoxy) is 1. The molecule has 2 heterocycles. The Labute approximate surface area is 153 Å². The van der Waals surface area contributed by atoms with Crippen LogP contribution in [0.1, 0.15) is 33.6 Å². The van der Waals surface area contributed by atoms with Crippen molar-refractivity contribution in [1.29, 1.82) is 0 Å². The maximum absolute atomic E-state index is 14.8. The molecule has 26 heavy (non-hydrogen) atoms. The predicted octanol–water partition coefficient (Wildman–Crippen LogP) is 0.780. The molecule has 0 aliphatic carbocycles. The molecule has 0 aromatic heterocycles. The van der Waals surface area contributed by atoms with Crippen molar-refractivity contribution in [2.24, 2.45) is 5.92 Å². The number of amides is 1. The van der Waals surface area contributed by atoms with Crippen LogP contribution >= 0.6 is 0 Å². The van der Waals surface area contributed by atoms with Crippen LogP contribution < -0.4 is 0 Å². The Balaban J connectivity index is 0.000000662. The first-order chi connectivity index (χ1) is 11.8. The Kier molecular flexibility index (Phi) is 9.52. The van der Waals surface area contributed by atoms with Gasteiger partial charge in [0, 0.05) is 12.1 Å². The lowest BCUT2D eigenvalue weighted by Gasteiger charge is -2.34. The van der Waals surface area contributed by atoms with E-state index in [2.05, 4.69) is 6.58 Å². The van der Waals surface area contributed by atoms with Crippen molar-refractivity contribution < 1.29 is 39.2 Å². The summed E-state index contributed by atoms with van der Waals surface area (Å²) in [6.07, 6.45) is 3.34. The maximum Gasteiger partial charge on any atom is 0.425 e. The molecule has 0 bridgehead atoms. The van der Waals surface area contributed by atoms with E-state index in [4.69, 9.17) is 30.0 Å². The minimum Gasteiger partial charge on any atom is -0.351 e. The molecule has 2 rings (SSSR count). The van der Waals surface area contributed by atoms with Crippen molar-refractivity contribution in [1.82, 2.24) is 4.90 Å². The summed E-state index contributed by atoms with van der Waals surface area (Å²) in [6, 6.07) is 0. The van der Waals surface area contributed by atoms with Gasteiger partial charge in [-0.1, -0.05) is 20.4 Å². The Morgan fingerprint density at radius 2 is 1.73 bits per heavy atom. The fourth-order valence-corrected chi connectivity index (χ4v) is 2.61. The summed E-state index contributed by atoms with van der Waals surface area (Å²) in [7, 11) is -6.22. The number of nitrogens with zero attached hydrogens (tertiary/aromatic N) is 1. The van der Waals surface area contributed by atoms with E-state index in [1.54, 1.807) is 12.3 Å². The van der Waals surface area contributed by atoms with Crippen LogP contribution in [0.2, 0.25) is 0 Å². The lowest BCUT2D eigenvalue weighted by Crippen LogP contribution is -2.48. The Bertz CT molecular complexity index is 729. The zero-order valence-corrected chi connectivity index (χ0v) is 16.0. The third-order valence-electron chi connectivity index (χ3n) is 4.03. The molecule has 148 valence electrons. The van der Waals surface area contributed by atoms with E-state index in [-0.39, 0.29) is 24.3 Å². The molecule has 0 aromatic carbocycles. The molecule has 9 nitrogen and oxygen atoms in total. The molecule has 0 unspecified atom stereocenters. The van der Waals surface area contributed by atoms with Gasteiger partial charge in [-0.05, 0) is 25.0 Å². The summed E-state index contributed by atoms with van der Waals surface area (Å²) in [5.41, 5.74) is -0.783. The Morgan fingerprint density at radius 3 is 2.08 bits per heavy atom. The van der Waals surface area contributed by atoms with E-state index >= 15 is 0 Å². The number of alkyl halides is 1. The van der Waals surface area contributed by atoms with E-state index in [9.17, 15) is 9.18 Å². The van der Waals surface area contributed by atoms with Gasteiger partial charge in [-0.2, -0.15) is 0 Å². The highest BCUT2D eigenvalue weighted by Crippen LogP contribution is 2.42. The van der Waals surface area contributed by atoms with Gasteiger partial charge in [-0.25, -0.2) is 4.39 Å². The quantitative estimate of drug-likeness (QED) is 0.649. The number of rotatable bonds is 2. The van der Waals surface area contributed by atoms with Crippen LogP contribution in [0.4, 0.5) is 4.39 Å². The standard InChI is InChI=1S/C14H20FNO2.2O3S/c1-5-11-10(3)14(4,15)13(18-11)16-7-6-9(2)8-12(16)17;2*1-4(2)3/h6-7,10-11,13H,2,5,8H2,1,3-4H3;;/t10-,11-,13-,14-;;/m1../s1. The molecule has 4 atom stereocenters. The van der Waals surface area contributed by atoms with Gasteiger partial charge in [0.15, 0.2) is 11.9 Å². The number of carbonyl (C=O) groups is 1. The third kappa shape index (κ3) is 7.14. The second-order valence-electron chi connectivity index (χ2n) is 5.74. The normalized spacial score (nSPS) is 30.0. The van der Waals surface area contributed by atoms with Gasteiger partial charge in [0.05, 0.1) is 12.5 Å². The first-order valence-corrected chi connectivity index (χ1v) is 9.39. The molecule has 0 spiro atoms. The van der Waals surface area contributed by atoms with Crippen molar-refractivity contribution in [3.63, 3.8) is 0 Å². The number of allylic oxidation sites excluding steroid dienone is 1. The molecule has 1 amide bonds. The Morgan fingerprint density at radius 1 is 1.27 bits per heavy atom. The van der Waals surface area contributed by atoms with Gasteiger partial charge in [0.2, 0.25) is 5.91 Å². The smallest absolute Gasteiger partial charge is 0.351 e. The number of hydrogen-bond acceptors (Lipinski definition) is 8. The van der Waals surface area contributed by atoms with Crippen molar-refractivity contribution in [3.05, 3.63) is 24.4 Å². The first kappa shape index (κ1) is 24.1. The second-order valence-corrected chi connectivity index (χ2v) is 6.55. The summed E-state index contributed by atoms with van der Waals surface area (Å²) in [5.74, 6) is -0.376. The van der Waals surface area contributed by atoms with Crippen LogP contribution in [-0.4, -0.2) is 54.1 Å². The van der Waals surface area contributed by atoms with E-state index in [1.165, 1.54) is 11.8 Å². The molecule has 2 aliphatic heterocycles.